The van der Waals surface area contributed by atoms with E-state index in [0.29, 0.717) is 6.54 Å². The van der Waals surface area contributed by atoms with Gasteiger partial charge in [0.05, 0.1) is 0 Å². The summed E-state index contributed by atoms with van der Waals surface area (Å²) >= 11 is 0. The fourth-order valence-electron chi connectivity index (χ4n) is 2.54. The molecule has 2 N–H and O–H groups in total. The van der Waals surface area contributed by atoms with Gasteiger partial charge >= 0.3 is 6.03 Å². The zero-order valence-corrected chi connectivity index (χ0v) is 13.4. The Hall–Kier alpha value is -1.81. The van der Waals surface area contributed by atoms with Crippen LogP contribution in [0.3, 0.4) is 0 Å². The number of urea groups is 1. The maximum Gasteiger partial charge on any atom is 0.322 e. The van der Waals surface area contributed by atoms with Gasteiger partial charge in [0.1, 0.15) is 5.54 Å². The molecule has 1 unspecified atom stereocenters. The SMILES string of the molecule is C=C1N(CCNC(C)(C)C)C(=O)NC1(C)c1ccccc1. The first kappa shape index (κ1) is 15.6. The highest BCUT2D eigenvalue weighted by Gasteiger charge is 2.43. The molecule has 0 spiro atoms. The molecule has 4 nitrogen and oxygen atoms in total. The van der Waals surface area contributed by atoms with Crippen molar-refractivity contribution >= 4 is 6.03 Å². The number of hydrogen-bond acceptors (Lipinski definition) is 2. The molecule has 1 heterocycles. The smallest absolute Gasteiger partial charge is 0.322 e. The predicted molar refractivity (Wildman–Crippen MR) is 85.9 cm³/mol. The highest BCUT2D eigenvalue weighted by atomic mass is 16.2. The summed E-state index contributed by atoms with van der Waals surface area (Å²) in [4.78, 5) is 14.0. The predicted octanol–water partition coefficient (Wildman–Crippen LogP) is 2.83. The standard InChI is InChI=1S/C17H25N3O/c1-13-17(5,14-9-7-6-8-10-14)19-15(21)20(13)12-11-18-16(2,3)4/h6-10,18H,1,11-12H2,2-5H3,(H,19,21). The van der Waals surface area contributed by atoms with Gasteiger partial charge in [-0.1, -0.05) is 36.9 Å². The average molecular weight is 287 g/mol. The van der Waals surface area contributed by atoms with Gasteiger partial charge in [0.15, 0.2) is 0 Å². The van der Waals surface area contributed by atoms with Gasteiger partial charge in [-0.3, -0.25) is 4.90 Å². The molecular formula is C17H25N3O. The van der Waals surface area contributed by atoms with E-state index in [1.54, 1.807) is 4.90 Å². The second-order valence-corrected chi connectivity index (χ2v) is 6.70. The van der Waals surface area contributed by atoms with Crippen molar-refractivity contribution in [2.75, 3.05) is 13.1 Å². The summed E-state index contributed by atoms with van der Waals surface area (Å²) in [6.07, 6.45) is 0. The molecule has 1 fully saturated rings. The number of nitrogens with zero attached hydrogens (tertiary/aromatic N) is 1. The zero-order chi connectivity index (χ0) is 15.7. The van der Waals surface area contributed by atoms with E-state index in [2.05, 4.69) is 38.0 Å². The Balaban J connectivity index is 2.10. The minimum atomic E-state index is -0.528. The minimum absolute atomic E-state index is 0.0419. The van der Waals surface area contributed by atoms with Crippen LogP contribution in [0.2, 0.25) is 0 Å². The van der Waals surface area contributed by atoms with Crippen LogP contribution in [-0.4, -0.2) is 29.6 Å². The van der Waals surface area contributed by atoms with Crippen LogP contribution in [0.15, 0.2) is 42.6 Å². The van der Waals surface area contributed by atoms with Crippen molar-refractivity contribution in [2.24, 2.45) is 0 Å². The third kappa shape index (κ3) is 3.27. The van der Waals surface area contributed by atoms with Crippen LogP contribution in [0.25, 0.3) is 0 Å². The molecule has 4 heteroatoms. The first-order chi connectivity index (χ1) is 9.74. The van der Waals surface area contributed by atoms with Crippen molar-refractivity contribution in [1.29, 1.82) is 0 Å². The lowest BCUT2D eigenvalue weighted by atomic mass is 9.90. The first-order valence-electron chi connectivity index (χ1n) is 7.34. The van der Waals surface area contributed by atoms with E-state index in [0.717, 1.165) is 17.8 Å². The fraction of sp³-hybridized carbons (Fsp3) is 0.471. The number of nitrogens with one attached hydrogen (secondary N) is 2. The summed E-state index contributed by atoms with van der Waals surface area (Å²) in [5.41, 5.74) is 1.37. The van der Waals surface area contributed by atoms with Gasteiger partial charge in [-0.2, -0.15) is 0 Å². The van der Waals surface area contributed by atoms with E-state index in [9.17, 15) is 4.79 Å². The lowest BCUT2D eigenvalue weighted by molar-refractivity contribution is 0.221. The van der Waals surface area contributed by atoms with Crippen LogP contribution in [0.5, 0.6) is 0 Å². The molecular weight excluding hydrogens is 262 g/mol. The lowest BCUT2D eigenvalue weighted by Gasteiger charge is -2.27. The molecule has 2 amide bonds. The molecule has 1 atom stereocenters. The van der Waals surface area contributed by atoms with E-state index >= 15 is 0 Å². The number of hydrogen-bond donors (Lipinski definition) is 2. The summed E-state index contributed by atoms with van der Waals surface area (Å²) in [6.45, 7) is 13.8. The first-order valence-corrected chi connectivity index (χ1v) is 7.34. The Morgan fingerprint density at radius 3 is 2.48 bits per heavy atom. The molecule has 2 rings (SSSR count). The van der Waals surface area contributed by atoms with E-state index in [4.69, 9.17) is 0 Å². The topological polar surface area (TPSA) is 44.4 Å². The highest BCUT2D eigenvalue weighted by molar-refractivity contribution is 5.82. The number of amides is 2. The monoisotopic (exact) mass is 287 g/mol. The van der Waals surface area contributed by atoms with E-state index in [-0.39, 0.29) is 11.6 Å². The summed E-state index contributed by atoms with van der Waals surface area (Å²) < 4.78 is 0. The van der Waals surface area contributed by atoms with Crippen LogP contribution in [0.4, 0.5) is 4.79 Å². The van der Waals surface area contributed by atoms with Crippen LogP contribution < -0.4 is 10.6 Å². The van der Waals surface area contributed by atoms with E-state index in [1.807, 2.05) is 37.3 Å². The van der Waals surface area contributed by atoms with Gasteiger partial charge in [-0.15, -0.1) is 0 Å². The molecule has 21 heavy (non-hydrogen) atoms. The minimum Gasteiger partial charge on any atom is -0.323 e. The molecule has 1 saturated heterocycles. The normalized spacial score (nSPS) is 22.6. The van der Waals surface area contributed by atoms with Crippen LogP contribution in [-0.2, 0) is 5.54 Å². The van der Waals surface area contributed by atoms with Crippen molar-refractivity contribution in [3.8, 4) is 0 Å². The van der Waals surface area contributed by atoms with E-state index in [1.165, 1.54) is 0 Å². The Morgan fingerprint density at radius 1 is 1.29 bits per heavy atom. The van der Waals surface area contributed by atoms with Crippen molar-refractivity contribution in [3.63, 3.8) is 0 Å². The summed E-state index contributed by atoms with van der Waals surface area (Å²) in [5.74, 6) is 0. The van der Waals surface area contributed by atoms with Crippen molar-refractivity contribution in [1.82, 2.24) is 15.5 Å². The van der Waals surface area contributed by atoms with Crippen molar-refractivity contribution in [3.05, 3.63) is 48.2 Å². The van der Waals surface area contributed by atoms with Gasteiger partial charge in [0, 0.05) is 24.3 Å². The molecule has 0 bridgehead atoms. The van der Waals surface area contributed by atoms with E-state index < -0.39 is 5.54 Å². The highest BCUT2D eigenvalue weighted by Crippen LogP contribution is 2.35. The van der Waals surface area contributed by atoms with Crippen LogP contribution >= 0.6 is 0 Å². The largest absolute Gasteiger partial charge is 0.323 e. The Morgan fingerprint density at radius 2 is 1.90 bits per heavy atom. The molecule has 1 aliphatic rings. The van der Waals surface area contributed by atoms with Crippen LogP contribution in [0, 0.1) is 0 Å². The van der Waals surface area contributed by atoms with Crippen LogP contribution in [0.1, 0.15) is 33.3 Å². The average Bonchev–Trinajstić information content (AvgIpc) is 2.63. The molecule has 0 aromatic heterocycles. The fourth-order valence-corrected chi connectivity index (χ4v) is 2.54. The zero-order valence-electron chi connectivity index (χ0n) is 13.4. The Kier molecular flexibility index (Phi) is 4.10. The lowest BCUT2D eigenvalue weighted by Crippen LogP contribution is -2.41. The number of carbonyl (C=O) groups is 1. The van der Waals surface area contributed by atoms with Crippen molar-refractivity contribution < 1.29 is 4.79 Å². The summed E-state index contributed by atoms with van der Waals surface area (Å²) in [7, 11) is 0. The summed E-state index contributed by atoms with van der Waals surface area (Å²) in [5, 5.41) is 6.45. The number of benzene rings is 1. The Labute approximate surface area is 127 Å². The number of rotatable bonds is 4. The molecule has 0 radical (unpaired) electrons. The van der Waals surface area contributed by atoms with Crippen molar-refractivity contribution in [2.45, 2.75) is 38.8 Å². The van der Waals surface area contributed by atoms with Gasteiger partial charge in [0.2, 0.25) is 0 Å². The van der Waals surface area contributed by atoms with Gasteiger partial charge in [-0.05, 0) is 33.3 Å². The molecule has 1 aromatic carbocycles. The van der Waals surface area contributed by atoms with Gasteiger partial charge < -0.3 is 10.6 Å². The molecule has 0 saturated carbocycles. The third-order valence-electron chi connectivity index (χ3n) is 3.85. The molecule has 1 aliphatic heterocycles. The molecule has 114 valence electrons. The second-order valence-electron chi connectivity index (χ2n) is 6.70. The number of carbonyl (C=O) groups excluding carboxylic acids is 1. The quantitative estimate of drug-likeness (QED) is 0.894. The maximum atomic E-state index is 12.3. The molecule has 0 aliphatic carbocycles. The third-order valence-corrected chi connectivity index (χ3v) is 3.85. The summed E-state index contributed by atoms with van der Waals surface area (Å²) in [6, 6.07) is 9.87. The Bertz CT molecular complexity index is 533. The second kappa shape index (κ2) is 5.53. The van der Waals surface area contributed by atoms with Gasteiger partial charge in [0.25, 0.3) is 0 Å². The van der Waals surface area contributed by atoms with Gasteiger partial charge in [-0.25, -0.2) is 4.79 Å². The maximum absolute atomic E-state index is 12.3. The molecule has 1 aromatic rings.